The molecule has 0 aliphatic carbocycles. The summed E-state index contributed by atoms with van der Waals surface area (Å²) in [5.41, 5.74) is 1.80. The molecule has 0 aliphatic heterocycles. The summed E-state index contributed by atoms with van der Waals surface area (Å²) in [7, 11) is -3.71. The number of anilines is 1. The van der Waals surface area contributed by atoms with Gasteiger partial charge in [-0.15, -0.1) is 11.3 Å². The highest BCUT2D eigenvalue weighted by molar-refractivity contribution is 7.92. The van der Waals surface area contributed by atoms with Gasteiger partial charge < -0.3 is 5.32 Å². The van der Waals surface area contributed by atoms with Gasteiger partial charge in [0, 0.05) is 17.0 Å². The maximum atomic E-state index is 12.5. The molecule has 1 heterocycles. The van der Waals surface area contributed by atoms with Crippen molar-refractivity contribution >= 4 is 33.0 Å². The number of hydrogen-bond acceptors (Lipinski definition) is 4. The molecular weight excluding hydrogens is 380 g/mol. The average Bonchev–Trinajstić information content (AvgIpc) is 3.17. The largest absolute Gasteiger partial charge is 0.352 e. The van der Waals surface area contributed by atoms with Gasteiger partial charge in [-0.2, -0.15) is 0 Å². The maximum Gasteiger partial charge on any atom is 0.261 e. The van der Waals surface area contributed by atoms with Crippen molar-refractivity contribution in [2.45, 2.75) is 18.2 Å². The van der Waals surface area contributed by atoms with Gasteiger partial charge in [-0.3, -0.25) is 9.52 Å². The number of aryl methyl sites for hydroxylation is 1. The molecule has 27 heavy (non-hydrogen) atoms. The second-order valence-electron chi connectivity index (χ2n) is 6.03. The molecule has 0 bridgehead atoms. The number of carbonyl (C=O) groups excluding carboxylic acids is 1. The number of sulfonamides is 1. The van der Waals surface area contributed by atoms with Crippen LogP contribution in [0, 0.1) is 6.92 Å². The Morgan fingerprint density at radius 1 is 1.00 bits per heavy atom. The van der Waals surface area contributed by atoms with Crippen LogP contribution in [0.15, 0.2) is 70.9 Å². The third-order valence-corrected chi connectivity index (χ3v) is 6.37. The smallest absolute Gasteiger partial charge is 0.261 e. The summed E-state index contributed by atoms with van der Waals surface area (Å²) in [6.07, 6.45) is 0.774. The zero-order valence-electron chi connectivity index (χ0n) is 14.8. The molecular formula is C20H20N2O3S2. The van der Waals surface area contributed by atoms with E-state index in [9.17, 15) is 13.2 Å². The first kappa shape index (κ1) is 19.1. The summed E-state index contributed by atoms with van der Waals surface area (Å²) in [4.78, 5) is 13.5. The molecule has 0 saturated heterocycles. The standard InChI is InChI=1S/C20H20N2O3S2/c1-15-5-2-3-7-19(15)22-27(24,25)18-10-8-16(9-11-18)20(23)21-13-12-17-6-4-14-26-17/h2-11,14,22H,12-13H2,1H3,(H,21,23). The minimum absolute atomic E-state index is 0.112. The zero-order chi connectivity index (χ0) is 19.3. The van der Waals surface area contributed by atoms with Crippen LogP contribution in [-0.4, -0.2) is 20.9 Å². The topological polar surface area (TPSA) is 75.3 Å². The second kappa shape index (κ2) is 8.37. The van der Waals surface area contributed by atoms with Gasteiger partial charge in [-0.1, -0.05) is 24.3 Å². The average molecular weight is 401 g/mol. The quantitative estimate of drug-likeness (QED) is 0.633. The molecule has 7 heteroatoms. The molecule has 0 fully saturated rings. The molecule has 0 unspecified atom stereocenters. The fourth-order valence-corrected chi connectivity index (χ4v) is 4.37. The van der Waals surface area contributed by atoms with Crippen LogP contribution in [0.5, 0.6) is 0 Å². The highest BCUT2D eigenvalue weighted by Crippen LogP contribution is 2.19. The minimum Gasteiger partial charge on any atom is -0.352 e. The van der Waals surface area contributed by atoms with Crippen LogP contribution in [0.3, 0.4) is 0 Å². The summed E-state index contributed by atoms with van der Waals surface area (Å²) in [6.45, 7) is 2.37. The number of rotatable bonds is 7. The Bertz CT molecular complexity index is 1010. The van der Waals surface area contributed by atoms with E-state index in [1.807, 2.05) is 36.6 Å². The van der Waals surface area contributed by atoms with Crippen molar-refractivity contribution in [1.82, 2.24) is 5.32 Å². The summed E-state index contributed by atoms with van der Waals surface area (Å²) in [6, 6.07) is 17.1. The second-order valence-corrected chi connectivity index (χ2v) is 8.74. The number of amides is 1. The van der Waals surface area contributed by atoms with E-state index in [0.29, 0.717) is 17.8 Å². The molecule has 140 valence electrons. The predicted octanol–water partition coefficient (Wildman–Crippen LogP) is 3.83. The lowest BCUT2D eigenvalue weighted by atomic mass is 10.2. The van der Waals surface area contributed by atoms with E-state index < -0.39 is 10.0 Å². The molecule has 0 spiro atoms. The van der Waals surface area contributed by atoms with Crippen LogP contribution in [0.1, 0.15) is 20.8 Å². The molecule has 2 N–H and O–H groups in total. The van der Waals surface area contributed by atoms with Gasteiger partial charge in [0.15, 0.2) is 0 Å². The molecule has 1 amide bonds. The normalized spacial score (nSPS) is 11.1. The Labute approximate surface area is 163 Å². The molecule has 0 saturated carbocycles. The van der Waals surface area contributed by atoms with E-state index in [0.717, 1.165) is 12.0 Å². The first-order chi connectivity index (χ1) is 13.0. The van der Waals surface area contributed by atoms with Gasteiger partial charge in [-0.05, 0) is 60.7 Å². The molecule has 2 aromatic carbocycles. The molecule has 0 aliphatic rings. The van der Waals surface area contributed by atoms with Crippen LogP contribution >= 0.6 is 11.3 Å². The van der Waals surface area contributed by atoms with Crippen LogP contribution in [0.2, 0.25) is 0 Å². The van der Waals surface area contributed by atoms with Gasteiger partial charge >= 0.3 is 0 Å². The molecule has 0 atom stereocenters. The van der Waals surface area contributed by atoms with E-state index in [2.05, 4.69) is 10.0 Å². The van der Waals surface area contributed by atoms with Crippen molar-refractivity contribution in [3.8, 4) is 0 Å². The first-order valence-electron chi connectivity index (χ1n) is 8.45. The van der Waals surface area contributed by atoms with Crippen LogP contribution < -0.4 is 10.0 Å². The van der Waals surface area contributed by atoms with Crippen molar-refractivity contribution in [2.75, 3.05) is 11.3 Å². The van der Waals surface area contributed by atoms with E-state index in [-0.39, 0.29) is 10.8 Å². The van der Waals surface area contributed by atoms with E-state index in [1.54, 1.807) is 23.5 Å². The lowest BCUT2D eigenvalue weighted by Crippen LogP contribution is -2.25. The number of hydrogen-bond donors (Lipinski definition) is 2. The Balaban J connectivity index is 1.63. The van der Waals surface area contributed by atoms with E-state index >= 15 is 0 Å². The summed E-state index contributed by atoms with van der Waals surface area (Å²) in [5, 5.41) is 4.85. The van der Waals surface area contributed by atoms with Crippen molar-refractivity contribution in [1.29, 1.82) is 0 Å². The lowest BCUT2D eigenvalue weighted by molar-refractivity contribution is 0.0954. The van der Waals surface area contributed by atoms with E-state index in [1.165, 1.54) is 29.1 Å². The summed E-state index contributed by atoms with van der Waals surface area (Å²) in [5.74, 6) is -0.220. The third kappa shape index (κ3) is 4.96. The molecule has 3 rings (SSSR count). The van der Waals surface area contributed by atoms with Crippen molar-refractivity contribution in [2.24, 2.45) is 0 Å². The summed E-state index contributed by atoms with van der Waals surface area (Å²) < 4.78 is 27.6. The number of carbonyl (C=O) groups is 1. The number of para-hydroxylation sites is 1. The molecule has 1 aromatic heterocycles. The van der Waals surface area contributed by atoms with Crippen LogP contribution in [0.4, 0.5) is 5.69 Å². The Hall–Kier alpha value is -2.64. The minimum atomic E-state index is -3.71. The zero-order valence-corrected chi connectivity index (χ0v) is 16.4. The maximum absolute atomic E-state index is 12.5. The Kier molecular flexibility index (Phi) is 5.93. The number of thiophene rings is 1. The number of benzene rings is 2. The van der Waals surface area contributed by atoms with Crippen LogP contribution in [-0.2, 0) is 16.4 Å². The van der Waals surface area contributed by atoms with Crippen molar-refractivity contribution in [3.63, 3.8) is 0 Å². The summed E-state index contributed by atoms with van der Waals surface area (Å²) >= 11 is 1.65. The van der Waals surface area contributed by atoms with Gasteiger partial charge in [0.2, 0.25) is 0 Å². The lowest BCUT2D eigenvalue weighted by Gasteiger charge is -2.11. The molecule has 5 nitrogen and oxygen atoms in total. The first-order valence-corrected chi connectivity index (χ1v) is 10.8. The van der Waals surface area contributed by atoms with Gasteiger partial charge in [0.05, 0.1) is 10.6 Å². The fourth-order valence-electron chi connectivity index (χ4n) is 2.53. The predicted molar refractivity (Wildman–Crippen MR) is 109 cm³/mol. The number of nitrogens with one attached hydrogen (secondary N) is 2. The van der Waals surface area contributed by atoms with Crippen molar-refractivity contribution < 1.29 is 13.2 Å². The van der Waals surface area contributed by atoms with Gasteiger partial charge in [0.1, 0.15) is 0 Å². The van der Waals surface area contributed by atoms with Gasteiger partial charge in [-0.25, -0.2) is 8.42 Å². The van der Waals surface area contributed by atoms with Gasteiger partial charge in [0.25, 0.3) is 15.9 Å². The van der Waals surface area contributed by atoms with E-state index in [4.69, 9.17) is 0 Å². The third-order valence-electron chi connectivity index (χ3n) is 4.05. The highest BCUT2D eigenvalue weighted by atomic mass is 32.2. The SMILES string of the molecule is Cc1ccccc1NS(=O)(=O)c1ccc(C(=O)NCCc2cccs2)cc1. The monoisotopic (exact) mass is 400 g/mol. The highest BCUT2D eigenvalue weighted by Gasteiger charge is 2.16. The Morgan fingerprint density at radius 2 is 1.74 bits per heavy atom. The Morgan fingerprint density at radius 3 is 2.41 bits per heavy atom. The van der Waals surface area contributed by atoms with Crippen LogP contribution in [0.25, 0.3) is 0 Å². The fraction of sp³-hybridized carbons (Fsp3) is 0.150. The van der Waals surface area contributed by atoms with Crippen molar-refractivity contribution in [3.05, 3.63) is 82.0 Å². The molecule has 3 aromatic rings. The molecule has 0 radical (unpaired) electrons.